The lowest BCUT2D eigenvalue weighted by atomic mass is 10.0. The number of hydrogen-bond donors (Lipinski definition) is 1. The molecule has 0 heterocycles. The highest BCUT2D eigenvalue weighted by atomic mass is 31.2. The van der Waals surface area contributed by atoms with E-state index in [1.807, 2.05) is 0 Å². The van der Waals surface area contributed by atoms with Crippen molar-refractivity contribution in [2.75, 3.05) is 13.2 Å². The van der Waals surface area contributed by atoms with Crippen LogP contribution in [0.5, 0.6) is 0 Å². The normalized spacial score (nSPS) is 16.2. The molecule has 4 nitrogen and oxygen atoms in total. The highest BCUT2D eigenvalue weighted by molar-refractivity contribution is 7.47. The molecular weight excluding hydrogens is 263 g/mol. The summed E-state index contributed by atoms with van der Waals surface area (Å²) >= 11 is 0. The minimum atomic E-state index is -3.84. The van der Waals surface area contributed by atoms with E-state index in [1.165, 1.54) is 0 Å². The van der Waals surface area contributed by atoms with Crippen molar-refractivity contribution in [2.45, 2.75) is 72.1 Å². The van der Waals surface area contributed by atoms with Gasteiger partial charge in [-0.15, -0.1) is 0 Å². The molecule has 0 bridgehead atoms. The number of rotatable bonds is 13. The van der Waals surface area contributed by atoms with Crippen LogP contribution in [-0.2, 0) is 13.6 Å². The van der Waals surface area contributed by atoms with Crippen LogP contribution in [0.3, 0.4) is 0 Å². The Bertz CT molecular complexity index is 246. The molecule has 0 saturated carbocycles. The van der Waals surface area contributed by atoms with E-state index in [4.69, 9.17) is 9.05 Å². The summed E-state index contributed by atoms with van der Waals surface area (Å²) in [5.74, 6) is 0.351. The smallest absolute Gasteiger partial charge is 0.302 e. The molecule has 0 aromatic rings. The number of phosphoric ester groups is 1. The first kappa shape index (κ1) is 19.1. The second kappa shape index (κ2) is 11.9. The first-order valence-corrected chi connectivity index (χ1v) is 9.17. The minimum absolute atomic E-state index is 0.305. The Morgan fingerprint density at radius 3 is 2.26 bits per heavy atom. The van der Waals surface area contributed by atoms with E-state index in [-0.39, 0.29) is 0 Å². The first-order chi connectivity index (χ1) is 9.05. The zero-order valence-electron chi connectivity index (χ0n) is 12.8. The van der Waals surface area contributed by atoms with Crippen LogP contribution in [0.2, 0.25) is 0 Å². The molecule has 0 aliphatic heterocycles. The van der Waals surface area contributed by atoms with Crippen LogP contribution in [0.4, 0.5) is 0 Å². The van der Waals surface area contributed by atoms with Gasteiger partial charge in [0.05, 0.1) is 13.2 Å². The Labute approximate surface area is 118 Å². The van der Waals surface area contributed by atoms with Gasteiger partial charge >= 0.3 is 7.82 Å². The van der Waals surface area contributed by atoms with Gasteiger partial charge in [0.2, 0.25) is 0 Å². The van der Waals surface area contributed by atoms with Crippen LogP contribution in [-0.4, -0.2) is 18.1 Å². The van der Waals surface area contributed by atoms with Crippen LogP contribution < -0.4 is 0 Å². The molecule has 1 N–H and O–H groups in total. The highest BCUT2D eigenvalue weighted by Gasteiger charge is 2.22. The molecule has 0 fully saturated rings. The third-order valence-electron chi connectivity index (χ3n) is 3.27. The maximum Gasteiger partial charge on any atom is 0.472 e. The largest absolute Gasteiger partial charge is 0.472 e. The Morgan fingerprint density at radius 2 is 1.68 bits per heavy atom. The van der Waals surface area contributed by atoms with Crippen molar-refractivity contribution in [3.8, 4) is 0 Å². The fraction of sp³-hybridized carbons (Fsp3) is 1.00. The van der Waals surface area contributed by atoms with E-state index in [1.54, 1.807) is 0 Å². The third-order valence-corrected chi connectivity index (χ3v) is 4.25. The van der Waals surface area contributed by atoms with Crippen LogP contribution in [0.25, 0.3) is 0 Å². The van der Waals surface area contributed by atoms with Crippen molar-refractivity contribution in [3.63, 3.8) is 0 Å². The third kappa shape index (κ3) is 11.6. The lowest BCUT2D eigenvalue weighted by molar-refractivity contribution is 0.125. The van der Waals surface area contributed by atoms with Gasteiger partial charge in [-0.2, -0.15) is 0 Å². The molecule has 116 valence electrons. The van der Waals surface area contributed by atoms with Gasteiger partial charge in [-0.1, -0.05) is 59.3 Å². The monoisotopic (exact) mass is 294 g/mol. The molecule has 0 radical (unpaired) electrons. The zero-order chi connectivity index (χ0) is 14.6. The van der Waals surface area contributed by atoms with Gasteiger partial charge in [-0.25, -0.2) is 4.57 Å². The summed E-state index contributed by atoms with van der Waals surface area (Å²) in [4.78, 5) is 9.55. The van der Waals surface area contributed by atoms with Crippen LogP contribution in [0, 0.1) is 5.92 Å². The van der Waals surface area contributed by atoms with E-state index < -0.39 is 7.82 Å². The average molecular weight is 294 g/mol. The highest BCUT2D eigenvalue weighted by Crippen LogP contribution is 2.44. The van der Waals surface area contributed by atoms with Gasteiger partial charge in [0.25, 0.3) is 0 Å². The van der Waals surface area contributed by atoms with Gasteiger partial charge in [0, 0.05) is 0 Å². The number of hydrogen-bond acceptors (Lipinski definition) is 3. The number of phosphoric acid groups is 1. The lowest BCUT2D eigenvalue weighted by Gasteiger charge is -2.17. The van der Waals surface area contributed by atoms with Crippen molar-refractivity contribution in [2.24, 2.45) is 5.92 Å². The lowest BCUT2D eigenvalue weighted by Crippen LogP contribution is -2.09. The molecule has 19 heavy (non-hydrogen) atoms. The summed E-state index contributed by atoms with van der Waals surface area (Å²) in [5, 5.41) is 0. The predicted molar refractivity (Wildman–Crippen MR) is 79.2 cm³/mol. The molecule has 0 aliphatic rings. The Balaban J connectivity index is 3.77. The summed E-state index contributed by atoms with van der Waals surface area (Å²) in [6.45, 7) is 6.97. The van der Waals surface area contributed by atoms with E-state index in [0.29, 0.717) is 19.1 Å². The molecule has 0 aromatic carbocycles. The van der Waals surface area contributed by atoms with Gasteiger partial charge in [0.1, 0.15) is 0 Å². The van der Waals surface area contributed by atoms with E-state index in [2.05, 4.69) is 20.8 Å². The van der Waals surface area contributed by atoms with E-state index in [0.717, 1.165) is 51.4 Å². The van der Waals surface area contributed by atoms with Crippen molar-refractivity contribution in [1.29, 1.82) is 0 Å². The average Bonchev–Trinajstić information content (AvgIpc) is 2.38. The van der Waals surface area contributed by atoms with Gasteiger partial charge in [-0.3, -0.25) is 9.05 Å². The molecule has 0 spiro atoms. The molecule has 0 rings (SSSR count). The number of unbranched alkanes of at least 4 members (excludes halogenated alkanes) is 4. The molecule has 5 heteroatoms. The standard InChI is InChI=1S/C14H31O4P/c1-4-7-9-10-12-17-19(15,16)18-13-14(6-3)11-8-5-2/h14H,4-13H2,1-3H3,(H,15,16). The predicted octanol–water partition coefficient (Wildman–Crippen LogP) is 4.92. The quantitative estimate of drug-likeness (QED) is 0.387. The molecule has 0 aromatic heterocycles. The second-order valence-corrected chi connectivity index (χ2v) is 6.53. The van der Waals surface area contributed by atoms with Crippen molar-refractivity contribution < 1.29 is 18.5 Å². The molecule has 2 atom stereocenters. The zero-order valence-corrected chi connectivity index (χ0v) is 13.7. The van der Waals surface area contributed by atoms with E-state index in [9.17, 15) is 9.46 Å². The minimum Gasteiger partial charge on any atom is -0.302 e. The molecule has 2 unspecified atom stereocenters. The summed E-state index contributed by atoms with van der Waals surface area (Å²) < 4.78 is 21.7. The second-order valence-electron chi connectivity index (χ2n) is 5.07. The Kier molecular flexibility index (Phi) is 12.0. The van der Waals surface area contributed by atoms with Crippen LogP contribution in [0.15, 0.2) is 0 Å². The van der Waals surface area contributed by atoms with E-state index >= 15 is 0 Å². The fourth-order valence-corrected chi connectivity index (χ4v) is 2.68. The van der Waals surface area contributed by atoms with Crippen LogP contribution in [0.1, 0.15) is 72.1 Å². The van der Waals surface area contributed by atoms with Gasteiger partial charge in [0.15, 0.2) is 0 Å². The van der Waals surface area contributed by atoms with Crippen LogP contribution >= 0.6 is 7.82 Å². The van der Waals surface area contributed by atoms with Gasteiger partial charge < -0.3 is 4.89 Å². The fourth-order valence-electron chi connectivity index (χ4n) is 1.84. The first-order valence-electron chi connectivity index (χ1n) is 7.67. The molecular formula is C14H31O4P. The summed E-state index contributed by atoms with van der Waals surface area (Å²) in [6.07, 6.45) is 8.41. The van der Waals surface area contributed by atoms with Crippen molar-refractivity contribution in [1.82, 2.24) is 0 Å². The Morgan fingerprint density at radius 1 is 1.00 bits per heavy atom. The maximum atomic E-state index is 11.7. The Hall–Kier alpha value is 0.110. The topological polar surface area (TPSA) is 55.8 Å². The molecule has 0 saturated heterocycles. The molecule has 0 aliphatic carbocycles. The SMILES string of the molecule is CCCCCCOP(=O)(O)OCC(CC)CCCC. The molecule has 0 amide bonds. The summed E-state index contributed by atoms with van der Waals surface area (Å²) in [5.41, 5.74) is 0. The summed E-state index contributed by atoms with van der Waals surface area (Å²) in [7, 11) is -3.84. The van der Waals surface area contributed by atoms with Gasteiger partial charge in [-0.05, 0) is 18.8 Å². The summed E-state index contributed by atoms with van der Waals surface area (Å²) in [6, 6.07) is 0. The van der Waals surface area contributed by atoms with Crippen molar-refractivity contribution in [3.05, 3.63) is 0 Å². The maximum absolute atomic E-state index is 11.7. The van der Waals surface area contributed by atoms with Crippen molar-refractivity contribution >= 4 is 7.82 Å².